The largest absolute Gasteiger partial charge is 0.484 e. The van der Waals surface area contributed by atoms with Crippen LogP contribution in [0, 0.1) is 11.3 Å². The SMILES string of the molecule is CC(=O)NC1CCN(C(=O)COc2ccc(C#N)cc2)CC1. The third kappa shape index (κ3) is 4.48. The first-order valence-corrected chi connectivity index (χ1v) is 7.26. The van der Waals surface area contributed by atoms with E-state index in [0.717, 1.165) is 12.8 Å². The number of hydrogen-bond donors (Lipinski definition) is 1. The highest BCUT2D eigenvalue weighted by Crippen LogP contribution is 2.13. The number of likely N-dealkylation sites (tertiary alicyclic amines) is 1. The molecule has 0 radical (unpaired) electrons. The summed E-state index contributed by atoms with van der Waals surface area (Å²) < 4.78 is 5.44. The number of nitrogens with zero attached hydrogens (tertiary/aromatic N) is 2. The predicted molar refractivity (Wildman–Crippen MR) is 80.1 cm³/mol. The van der Waals surface area contributed by atoms with Gasteiger partial charge in [0.2, 0.25) is 5.91 Å². The first kappa shape index (κ1) is 15.8. The van der Waals surface area contributed by atoms with Crippen molar-refractivity contribution in [3.05, 3.63) is 29.8 Å². The molecule has 6 nitrogen and oxygen atoms in total. The molecule has 22 heavy (non-hydrogen) atoms. The number of ether oxygens (including phenoxy) is 1. The Kier molecular flexibility index (Phi) is 5.37. The van der Waals surface area contributed by atoms with Crippen molar-refractivity contribution in [1.29, 1.82) is 5.26 Å². The molecule has 1 aromatic carbocycles. The van der Waals surface area contributed by atoms with Gasteiger partial charge in [0.25, 0.3) is 5.91 Å². The first-order valence-electron chi connectivity index (χ1n) is 7.26. The van der Waals surface area contributed by atoms with Gasteiger partial charge in [-0.05, 0) is 37.1 Å². The number of nitriles is 1. The summed E-state index contributed by atoms with van der Waals surface area (Å²) >= 11 is 0. The zero-order valence-electron chi connectivity index (χ0n) is 12.5. The average Bonchev–Trinajstić information content (AvgIpc) is 2.53. The van der Waals surface area contributed by atoms with Crippen molar-refractivity contribution in [2.75, 3.05) is 19.7 Å². The summed E-state index contributed by atoms with van der Waals surface area (Å²) in [6, 6.07) is 8.84. The van der Waals surface area contributed by atoms with Crippen LogP contribution in [0.25, 0.3) is 0 Å². The molecule has 2 rings (SSSR count). The minimum atomic E-state index is -0.0642. The van der Waals surface area contributed by atoms with E-state index < -0.39 is 0 Å². The number of nitrogens with one attached hydrogen (secondary N) is 1. The van der Waals surface area contributed by atoms with Crippen LogP contribution < -0.4 is 10.1 Å². The molecule has 1 saturated heterocycles. The van der Waals surface area contributed by atoms with Gasteiger partial charge in [-0.2, -0.15) is 5.26 Å². The lowest BCUT2D eigenvalue weighted by molar-refractivity contribution is -0.134. The Balaban J connectivity index is 1.76. The van der Waals surface area contributed by atoms with Crippen LogP contribution in [0.2, 0.25) is 0 Å². The minimum absolute atomic E-state index is 0.0172. The van der Waals surface area contributed by atoms with Crippen LogP contribution in [0.4, 0.5) is 0 Å². The van der Waals surface area contributed by atoms with Crippen molar-refractivity contribution in [3.8, 4) is 11.8 Å². The lowest BCUT2D eigenvalue weighted by Crippen LogP contribution is -2.47. The third-order valence-electron chi connectivity index (χ3n) is 3.60. The molecule has 1 fully saturated rings. The number of carbonyl (C=O) groups excluding carboxylic acids is 2. The smallest absolute Gasteiger partial charge is 0.260 e. The molecule has 116 valence electrons. The lowest BCUT2D eigenvalue weighted by atomic mass is 10.1. The number of hydrogen-bond acceptors (Lipinski definition) is 4. The summed E-state index contributed by atoms with van der Waals surface area (Å²) in [6.07, 6.45) is 1.53. The van der Waals surface area contributed by atoms with Crippen LogP contribution in [0.1, 0.15) is 25.3 Å². The van der Waals surface area contributed by atoms with E-state index in [1.54, 1.807) is 29.2 Å². The molecule has 1 aromatic rings. The summed E-state index contributed by atoms with van der Waals surface area (Å²) in [5.41, 5.74) is 0.554. The molecule has 0 bridgehead atoms. The van der Waals surface area contributed by atoms with E-state index in [0.29, 0.717) is 24.4 Å². The average molecular weight is 301 g/mol. The highest BCUT2D eigenvalue weighted by Gasteiger charge is 2.23. The molecular formula is C16H19N3O3. The third-order valence-corrected chi connectivity index (χ3v) is 3.60. The Morgan fingerprint density at radius 1 is 1.32 bits per heavy atom. The zero-order valence-corrected chi connectivity index (χ0v) is 12.5. The number of amides is 2. The van der Waals surface area contributed by atoms with Gasteiger partial charge < -0.3 is 15.0 Å². The fourth-order valence-corrected chi connectivity index (χ4v) is 2.42. The van der Waals surface area contributed by atoms with Gasteiger partial charge in [-0.3, -0.25) is 9.59 Å². The maximum absolute atomic E-state index is 12.1. The van der Waals surface area contributed by atoms with E-state index >= 15 is 0 Å². The van der Waals surface area contributed by atoms with Gasteiger partial charge in [0.15, 0.2) is 6.61 Å². The van der Waals surface area contributed by atoms with Crippen molar-refractivity contribution in [3.63, 3.8) is 0 Å². The van der Waals surface area contributed by atoms with Crippen molar-refractivity contribution in [2.24, 2.45) is 0 Å². The number of benzene rings is 1. The minimum Gasteiger partial charge on any atom is -0.484 e. The van der Waals surface area contributed by atoms with E-state index in [2.05, 4.69) is 5.32 Å². The normalized spacial score (nSPS) is 15.0. The second-order valence-electron chi connectivity index (χ2n) is 5.28. The molecule has 1 aliphatic rings. The van der Waals surface area contributed by atoms with Gasteiger partial charge in [0, 0.05) is 26.1 Å². The Labute approximate surface area is 129 Å². The zero-order chi connectivity index (χ0) is 15.9. The maximum atomic E-state index is 12.1. The second kappa shape index (κ2) is 7.46. The molecule has 0 aliphatic carbocycles. The number of carbonyl (C=O) groups is 2. The van der Waals surface area contributed by atoms with Crippen LogP contribution in [0.5, 0.6) is 5.75 Å². The maximum Gasteiger partial charge on any atom is 0.260 e. The summed E-state index contributed by atoms with van der Waals surface area (Å²) in [5.74, 6) is 0.472. The van der Waals surface area contributed by atoms with Crippen molar-refractivity contribution in [1.82, 2.24) is 10.2 Å². The van der Waals surface area contributed by atoms with Gasteiger partial charge in [-0.1, -0.05) is 0 Å². The summed E-state index contributed by atoms with van der Waals surface area (Å²) in [4.78, 5) is 24.8. The Morgan fingerprint density at radius 2 is 1.95 bits per heavy atom. The molecule has 0 atom stereocenters. The summed E-state index contributed by atoms with van der Waals surface area (Å²) in [7, 11) is 0. The topological polar surface area (TPSA) is 82.4 Å². The van der Waals surface area contributed by atoms with Crippen molar-refractivity contribution in [2.45, 2.75) is 25.8 Å². The standard InChI is InChI=1S/C16H19N3O3/c1-12(20)18-14-6-8-19(9-7-14)16(21)11-22-15-4-2-13(10-17)3-5-15/h2-5,14H,6-9,11H2,1H3,(H,18,20). The summed E-state index contributed by atoms with van der Waals surface area (Å²) in [6.45, 7) is 2.74. The van der Waals surface area contributed by atoms with Gasteiger partial charge >= 0.3 is 0 Å². The van der Waals surface area contributed by atoms with Gasteiger partial charge in [-0.25, -0.2) is 0 Å². The van der Waals surface area contributed by atoms with Crippen molar-refractivity contribution < 1.29 is 14.3 Å². The molecule has 0 spiro atoms. The van der Waals surface area contributed by atoms with Crippen LogP contribution in [-0.4, -0.2) is 42.5 Å². The van der Waals surface area contributed by atoms with E-state index in [-0.39, 0.29) is 24.5 Å². The Morgan fingerprint density at radius 3 is 2.50 bits per heavy atom. The molecule has 0 aromatic heterocycles. The fraction of sp³-hybridized carbons (Fsp3) is 0.438. The highest BCUT2D eigenvalue weighted by atomic mass is 16.5. The number of rotatable bonds is 4. The molecule has 1 N–H and O–H groups in total. The summed E-state index contributed by atoms with van der Waals surface area (Å²) in [5, 5.41) is 11.6. The monoisotopic (exact) mass is 301 g/mol. The molecule has 1 heterocycles. The Hall–Kier alpha value is -2.55. The van der Waals surface area contributed by atoms with E-state index in [1.165, 1.54) is 6.92 Å². The van der Waals surface area contributed by atoms with Crippen molar-refractivity contribution >= 4 is 11.8 Å². The molecule has 6 heteroatoms. The van der Waals surface area contributed by atoms with E-state index in [9.17, 15) is 9.59 Å². The van der Waals surface area contributed by atoms with E-state index in [1.807, 2.05) is 6.07 Å². The van der Waals surface area contributed by atoms with Gasteiger partial charge in [0.05, 0.1) is 11.6 Å². The molecule has 2 amide bonds. The molecular weight excluding hydrogens is 282 g/mol. The first-order chi connectivity index (χ1) is 10.6. The number of piperidine rings is 1. The Bertz CT molecular complexity index is 569. The van der Waals surface area contributed by atoms with Crippen LogP contribution in [0.15, 0.2) is 24.3 Å². The van der Waals surface area contributed by atoms with Gasteiger partial charge in [0.1, 0.15) is 5.75 Å². The van der Waals surface area contributed by atoms with Gasteiger partial charge in [-0.15, -0.1) is 0 Å². The van der Waals surface area contributed by atoms with Crippen LogP contribution in [0.3, 0.4) is 0 Å². The quantitative estimate of drug-likeness (QED) is 0.901. The second-order valence-corrected chi connectivity index (χ2v) is 5.28. The van der Waals surface area contributed by atoms with Crippen LogP contribution >= 0.6 is 0 Å². The predicted octanol–water partition coefficient (Wildman–Crippen LogP) is 1.06. The lowest BCUT2D eigenvalue weighted by Gasteiger charge is -2.32. The molecule has 0 unspecified atom stereocenters. The van der Waals surface area contributed by atoms with Crippen LogP contribution in [-0.2, 0) is 9.59 Å². The highest BCUT2D eigenvalue weighted by molar-refractivity contribution is 5.78. The van der Waals surface area contributed by atoms with E-state index in [4.69, 9.17) is 10.00 Å². The molecule has 0 saturated carbocycles. The fourth-order valence-electron chi connectivity index (χ4n) is 2.42. The molecule has 1 aliphatic heterocycles.